The molecule has 0 saturated carbocycles. The quantitative estimate of drug-likeness (QED) is 0.923. The molecule has 0 amide bonds. The molecule has 0 saturated heterocycles. The molecule has 2 unspecified atom stereocenters. The lowest BCUT2D eigenvalue weighted by molar-refractivity contribution is 0.470. The first-order valence-corrected chi connectivity index (χ1v) is 7.19. The topological polar surface area (TPSA) is 38.9 Å². The number of hydrogen-bond donors (Lipinski definition) is 1. The molecule has 3 rings (SSSR count). The number of benzene rings is 1. The zero-order valence-electron chi connectivity index (χ0n) is 11.4. The van der Waals surface area contributed by atoms with E-state index in [9.17, 15) is 4.39 Å². The van der Waals surface area contributed by atoms with E-state index in [1.165, 1.54) is 36.2 Å². The highest BCUT2D eigenvalue weighted by Crippen LogP contribution is 2.36. The number of fused-ring (bicyclic) bond motifs is 1. The summed E-state index contributed by atoms with van der Waals surface area (Å²) in [6, 6.07) is 11.6. The summed E-state index contributed by atoms with van der Waals surface area (Å²) in [6.07, 6.45) is 5.66. The molecule has 0 aliphatic heterocycles. The van der Waals surface area contributed by atoms with Crippen LogP contribution in [0.3, 0.4) is 0 Å². The smallest absolute Gasteiger partial charge is 0.141 e. The van der Waals surface area contributed by atoms with Gasteiger partial charge in [0.05, 0.1) is 11.9 Å². The van der Waals surface area contributed by atoms with Crippen LogP contribution in [0.1, 0.15) is 48.0 Å². The third-order valence-corrected chi connectivity index (χ3v) is 4.16. The molecule has 1 aromatic heterocycles. The second-order valence-corrected chi connectivity index (χ2v) is 5.53. The molecule has 1 aliphatic rings. The predicted octanol–water partition coefficient (Wildman–Crippen LogP) is 3.73. The van der Waals surface area contributed by atoms with Gasteiger partial charge in [0.1, 0.15) is 5.82 Å². The summed E-state index contributed by atoms with van der Waals surface area (Å²) < 4.78 is 12.9. The fraction of sp³-hybridized carbons (Fsp3) is 0.353. The summed E-state index contributed by atoms with van der Waals surface area (Å²) in [4.78, 5) is 4.10. The van der Waals surface area contributed by atoms with Crippen LogP contribution >= 0.6 is 0 Å². The Morgan fingerprint density at radius 1 is 1.25 bits per heavy atom. The van der Waals surface area contributed by atoms with E-state index >= 15 is 0 Å². The van der Waals surface area contributed by atoms with Crippen molar-refractivity contribution in [3.63, 3.8) is 0 Å². The van der Waals surface area contributed by atoms with Gasteiger partial charge in [0.2, 0.25) is 0 Å². The van der Waals surface area contributed by atoms with Crippen molar-refractivity contribution < 1.29 is 4.39 Å². The van der Waals surface area contributed by atoms with Gasteiger partial charge in [-0.15, -0.1) is 0 Å². The Kier molecular flexibility index (Phi) is 3.79. The van der Waals surface area contributed by atoms with E-state index in [0.717, 1.165) is 18.5 Å². The molecule has 2 nitrogen and oxygen atoms in total. The summed E-state index contributed by atoms with van der Waals surface area (Å²) in [5.74, 6) is 0.172. The van der Waals surface area contributed by atoms with Gasteiger partial charge < -0.3 is 5.73 Å². The third kappa shape index (κ3) is 2.73. The maximum absolute atomic E-state index is 12.9. The summed E-state index contributed by atoms with van der Waals surface area (Å²) in [7, 11) is 0. The normalized spacial score (nSPS) is 19.4. The maximum Gasteiger partial charge on any atom is 0.141 e. The van der Waals surface area contributed by atoms with Gasteiger partial charge >= 0.3 is 0 Å². The molecule has 2 aromatic rings. The zero-order valence-corrected chi connectivity index (χ0v) is 11.4. The summed E-state index contributed by atoms with van der Waals surface area (Å²) >= 11 is 0. The third-order valence-electron chi connectivity index (χ3n) is 4.16. The van der Waals surface area contributed by atoms with Crippen LogP contribution in [0.5, 0.6) is 0 Å². The fourth-order valence-corrected chi connectivity index (χ4v) is 3.13. The van der Waals surface area contributed by atoms with Crippen LogP contribution in [0, 0.1) is 5.82 Å². The number of hydrogen-bond acceptors (Lipinski definition) is 2. The SMILES string of the molecule is NC(CC1CCCc2ccccc21)c1ccc(F)cn1. The Hall–Kier alpha value is -1.74. The van der Waals surface area contributed by atoms with Gasteiger partial charge in [0, 0.05) is 6.04 Å². The van der Waals surface area contributed by atoms with Crippen LogP contribution in [0.15, 0.2) is 42.6 Å². The number of aryl methyl sites for hydroxylation is 1. The molecule has 0 fully saturated rings. The van der Waals surface area contributed by atoms with Crippen LogP contribution in [-0.2, 0) is 6.42 Å². The van der Waals surface area contributed by atoms with Gasteiger partial charge in [-0.3, -0.25) is 4.98 Å². The van der Waals surface area contributed by atoms with E-state index < -0.39 is 0 Å². The number of rotatable bonds is 3. The van der Waals surface area contributed by atoms with Crippen molar-refractivity contribution in [3.8, 4) is 0 Å². The van der Waals surface area contributed by atoms with Crippen molar-refractivity contribution in [3.05, 3.63) is 65.2 Å². The maximum atomic E-state index is 12.9. The lowest BCUT2D eigenvalue weighted by Gasteiger charge is -2.27. The van der Waals surface area contributed by atoms with Gasteiger partial charge in [0.25, 0.3) is 0 Å². The summed E-state index contributed by atoms with van der Waals surface area (Å²) in [5.41, 5.74) is 9.90. The lowest BCUT2D eigenvalue weighted by atomic mass is 9.79. The van der Waals surface area contributed by atoms with Gasteiger partial charge in [0.15, 0.2) is 0 Å². The number of nitrogens with two attached hydrogens (primary N) is 1. The zero-order chi connectivity index (χ0) is 13.9. The Bertz CT molecular complexity index is 580. The second-order valence-electron chi connectivity index (χ2n) is 5.53. The van der Waals surface area contributed by atoms with E-state index in [-0.39, 0.29) is 11.9 Å². The molecule has 0 bridgehead atoms. The van der Waals surface area contributed by atoms with Crippen molar-refractivity contribution in [2.75, 3.05) is 0 Å². The standard InChI is InChI=1S/C17H19FN2/c18-14-8-9-17(20-11-14)16(19)10-13-6-3-5-12-4-1-2-7-15(12)13/h1-2,4,7-9,11,13,16H,3,5-6,10,19H2. The van der Waals surface area contributed by atoms with Crippen molar-refractivity contribution in [2.24, 2.45) is 5.73 Å². The first-order valence-electron chi connectivity index (χ1n) is 7.19. The van der Waals surface area contributed by atoms with Crippen molar-refractivity contribution in [2.45, 2.75) is 37.6 Å². The number of aromatic nitrogens is 1. The summed E-state index contributed by atoms with van der Waals surface area (Å²) in [6.45, 7) is 0. The Labute approximate surface area is 118 Å². The molecule has 2 N–H and O–H groups in total. The first-order chi connectivity index (χ1) is 9.74. The minimum atomic E-state index is -0.316. The van der Waals surface area contributed by atoms with Crippen LogP contribution in [-0.4, -0.2) is 4.98 Å². The number of nitrogens with zero attached hydrogens (tertiary/aromatic N) is 1. The average molecular weight is 270 g/mol. The molecule has 20 heavy (non-hydrogen) atoms. The van der Waals surface area contributed by atoms with Crippen molar-refractivity contribution >= 4 is 0 Å². The molecule has 1 aliphatic carbocycles. The average Bonchev–Trinajstić information content (AvgIpc) is 2.48. The molecular weight excluding hydrogens is 251 g/mol. The summed E-state index contributed by atoms with van der Waals surface area (Å²) in [5, 5.41) is 0. The molecule has 3 heteroatoms. The van der Waals surface area contributed by atoms with Crippen LogP contribution in [0.25, 0.3) is 0 Å². The van der Waals surface area contributed by atoms with Gasteiger partial charge in [-0.05, 0) is 54.9 Å². The van der Waals surface area contributed by atoms with Gasteiger partial charge in [-0.1, -0.05) is 24.3 Å². The lowest BCUT2D eigenvalue weighted by Crippen LogP contribution is -2.19. The van der Waals surface area contributed by atoms with Gasteiger partial charge in [-0.25, -0.2) is 4.39 Å². The second kappa shape index (κ2) is 5.71. The first kappa shape index (κ1) is 13.3. The fourth-order valence-electron chi connectivity index (χ4n) is 3.13. The van der Waals surface area contributed by atoms with E-state index in [0.29, 0.717) is 5.92 Å². The van der Waals surface area contributed by atoms with Crippen molar-refractivity contribution in [1.82, 2.24) is 4.98 Å². The monoisotopic (exact) mass is 270 g/mol. The van der Waals surface area contributed by atoms with Crippen LogP contribution < -0.4 is 5.73 Å². The highest BCUT2D eigenvalue weighted by Gasteiger charge is 2.22. The molecule has 2 atom stereocenters. The minimum Gasteiger partial charge on any atom is -0.323 e. The largest absolute Gasteiger partial charge is 0.323 e. The van der Waals surface area contributed by atoms with E-state index in [1.807, 2.05) is 0 Å². The van der Waals surface area contributed by atoms with E-state index in [4.69, 9.17) is 5.73 Å². The molecule has 0 spiro atoms. The van der Waals surface area contributed by atoms with Crippen LogP contribution in [0.4, 0.5) is 4.39 Å². The van der Waals surface area contributed by atoms with E-state index in [2.05, 4.69) is 29.2 Å². The Balaban J connectivity index is 1.77. The van der Waals surface area contributed by atoms with E-state index in [1.54, 1.807) is 6.07 Å². The Morgan fingerprint density at radius 3 is 2.90 bits per heavy atom. The molecule has 0 radical (unpaired) electrons. The molecule has 1 heterocycles. The predicted molar refractivity (Wildman–Crippen MR) is 77.9 cm³/mol. The van der Waals surface area contributed by atoms with Crippen molar-refractivity contribution in [1.29, 1.82) is 0 Å². The minimum absolute atomic E-state index is 0.133. The Morgan fingerprint density at radius 2 is 2.10 bits per heavy atom. The highest BCUT2D eigenvalue weighted by atomic mass is 19.1. The number of pyridine rings is 1. The van der Waals surface area contributed by atoms with Crippen LogP contribution in [0.2, 0.25) is 0 Å². The van der Waals surface area contributed by atoms with Gasteiger partial charge in [-0.2, -0.15) is 0 Å². The molecule has 104 valence electrons. The molecular formula is C17H19FN2. The molecule has 1 aromatic carbocycles. The highest BCUT2D eigenvalue weighted by molar-refractivity contribution is 5.33. The number of halogens is 1.